The number of carbonyl (C=O) groups excluding carboxylic acids is 2. The molecule has 2 aromatic rings. The zero-order valence-corrected chi connectivity index (χ0v) is 13.9. The SMILES string of the molecule is CCCCC(CC(C)=O)c1ccc(C(=O)c2ccccc2)cc1. The summed E-state index contributed by atoms with van der Waals surface area (Å²) >= 11 is 0. The lowest BCUT2D eigenvalue weighted by Gasteiger charge is -2.16. The van der Waals surface area contributed by atoms with Crippen LogP contribution in [0.5, 0.6) is 0 Å². The lowest BCUT2D eigenvalue weighted by atomic mass is 9.88. The van der Waals surface area contributed by atoms with Crippen molar-refractivity contribution in [3.05, 3.63) is 71.3 Å². The van der Waals surface area contributed by atoms with Crippen LogP contribution in [0, 0.1) is 0 Å². The van der Waals surface area contributed by atoms with Crippen LogP contribution in [0.1, 0.15) is 66.9 Å². The highest BCUT2D eigenvalue weighted by Gasteiger charge is 2.15. The van der Waals surface area contributed by atoms with E-state index in [0.717, 1.165) is 24.8 Å². The third kappa shape index (κ3) is 4.88. The number of unbranched alkanes of at least 4 members (excludes halogenated alkanes) is 1. The van der Waals surface area contributed by atoms with E-state index in [1.807, 2.05) is 54.6 Å². The van der Waals surface area contributed by atoms with Gasteiger partial charge in [0.2, 0.25) is 0 Å². The molecular formula is C21H24O2. The van der Waals surface area contributed by atoms with Gasteiger partial charge < -0.3 is 4.79 Å². The van der Waals surface area contributed by atoms with Gasteiger partial charge in [0.25, 0.3) is 0 Å². The Balaban J connectivity index is 2.16. The Hall–Kier alpha value is -2.22. The summed E-state index contributed by atoms with van der Waals surface area (Å²) in [6, 6.07) is 17.1. The van der Waals surface area contributed by atoms with Gasteiger partial charge >= 0.3 is 0 Å². The van der Waals surface area contributed by atoms with Gasteiger partial charge in [0.15, 0.2) is 5.78 Å². The Morgan fingerprint density at radius 2 is 1.52 bits per heavy atom. The van der Waals surface area contributed by atoms with Crippen LogP contribution in [0.15, 0.2) is 54.6 Å². The van der Waals surface area contributed by atoms with Crippen molar-refractivity contribution in [1.29, 1.82) is 0 Å². The Labute approximate surface area is 138 Å². The fourth-order valence-electron chi connectivity index (χ4n) is 2.85. The van der Waals surface area contributed by atoms with Gasteiger partial charge in [-0.3, -0.25) is 4.79 Å². The molecule has 1 unspecified atom stereocenters. The summed E-state index contributed by atoms with van der Waals surface area (Å²) in [5, 5.41) is 0. The normalized spacial score (nSPS) is 11.9. The minimum absolute atomic E-state index is 0.0360. The van der Waals surface area contributed by atoms with Crippen molar-refractivity contribution in [3.8, 4) is 0 Å². The molecule has 2 aromatic carbocycles. The molecule has 0 spiro atoms. The van der Waals surface area contributed by atoms with Gasteiger partial charge in [-0.25, -0.2) is 0 Å². The molecule has 2 heteroatoms. The molecule has 0 saturated carbocycles. The molecule has 2 rings (SSSR count). The van der Waals surface area contributed by atoms with Gasteiger partial charge in [0.1, 0.15) is 5.78 Å². The zero-order valence-electron chi connectivity index (χ0n) is 13.9. The predicted octanol–water partition coefficient (Wildman–Crippen LogP) is 5.17. The molecule has 0 aliphatic rings. The fourth-order valence-corrected chi connectivity index (χ4v) is 2.85. The highest BCUT2D eigenvalue weighted by Crippen LogP contribution is 2.26. The highest BCUT2D eigenvalue weighted by molar-refractivity contribution is 6.08. The van der Waals surface area contributed by atoms with Crippen molar-refractivity contribution in [2.45, 2.75) is 45.4 Å². The number of benzene rings is 2. The first kappa shape index (κ1) is 17.1. The smallest absolute Gasteiger partial charge is 0.193 e. The molecule has 1 atom stereocenters. The molecule has 0 heterocycles. The van der Waals surface area contributed by atoms with E-state index in [0.29, 0.717) is 17.5 Å². The quantitative estimate of drug-likeness (QED) is 0.630. The van der Waals surface area contributed by atoms with Gasteiger partial charge in [-0.05, 0) is 24.8 Å². The minimum Gasteiger partial charge on any atom is -0.300 e. The molecule has 120 valence electrons. The summed E-state index contributed by atoms with van der Waals surface area (Å²) < 4.78 is 0. The molecule has 23 heavy (non-hydrogen) atoms. The second-order valence-corrected chi connectivity index (χ2v) is 6.06. The molecule has 0 aliphatic heterocycles. The van der Waals surface area contributed by atoms with E-state index in [2.05, 4.69) is 6.92 Å². The Morgan fingerprint density at radius 3 is 2.09 bits per heavy atom. The number of hydrogen-bond acceptors (Lipinski definition) is 2. The predicted molar refractivity (Wildman–Crippen MR) is 93.9 cm³/mol. The number of Topliss-reactive ketones (excluding diaryl/α,β-unsaturated/α-hetero) is 1. The molecule has 0 amide bonds. The maximum Gasteiger partial charge on any atom is 0.193 e. The average Bonchev–Trinajstić information content (AvgIpc) is 2.58. The molecule has 0 N–H and O–H groups in total. The lowest BCUT2D eigenvalue weighted by Crippen LogP contribution is -2.06. The maximum atomic E-state index is 12.4. The van der Waals surface area contributed by atoms with Crippen LogP contribution in [0.25, 0.3) is 0 Å². The third-order valence-corrected chi connectivity index (χ3v) is 4.12. The van der Waals surface area contributed by atoms with Crippen LogP contribution in [0.2, 0.25) is 0 Å². The van der Waals surface area contributed by atoms with E-state index >= 15 is 0 Å². The molecule has 2 nitrogen and oxygen atoms in total. The van der Waals surface area contributed by atoms with Gasteiger partial charge in [0.05, 0.1) is 0 Å². The summed E-state index contributed by atoms with van der Waals surface area (Å²) in [6.45, 7) is 3.80. The van der Waals surface area contributed by atoms with E-state index in [4.69, 9.17) is 0 Å². The maximum absolute atomic E-state index is 12.4. The summed E-state index contributed by atoms with van der Waals surface area (Å²) in [5.74, 6) is 0.512. The van der Waals surface area contributed by atoms with Crippen molar-refractivity contribution in [2.75, 3.05) is 0 Å². The van der Waals surface area contributed by atoms with Crippen LogP contribution >= 0.6 is 0 Å². The Kier molecular flexibility index (Phi) is 6.28. The molecule has 0 aromatic heterocycles. The van der Waals surface area contributed by atoms with Crippen LogP contribution in [-0.2, 0) is 4.79 Å². The fraction of sp³-hybridized carbons (Fsp3) is 0.333. The van der Waals surface area contributed by atoms with Crippen molar-refractivity contribution in [2.24, 2.45) is 0 Å². The van der Waals surface area contributed by atoms with Gasteiger partial charge in [-0.15, -0.1) is 0 Å². The second kappa shape index (κ2) is 8.42. The summed E-state index contributed by atoms with van der Waals surface area (Å²) in [4.78, 5) is 23.9. The first-order chi connectivity index (χ1) is 11.1. The highest BCUT2D eigenvalue weighted by atomic mass is 16.1. The Bertz CT molecular complexity index is 641. The topological polar surface area (TPSA) is 34.1 Å². The minimum atomic E-state index is 0.0360. The third-order valence-electron chi connectivity index (χ3n) is 4.12. The summed E-state index contributed by atoms with van der Waals surface area (Å²) in [6.07, 6.45) is 3.83. The zero-order chi connectivity index (χ0) is 16.7. The number of rotatable bonds is 8. The molecule has 0 radical (unpaired) electrons. The first-order valence-electron chi connectivity index (χ1n) is 8.31. The molecule has 0 bridgehead atoms. The molecule has 0 saturated heterocycles. The van der Waals surface area contributed by atoms with E-state index in [1.165, 1.54) is 0 Å². The van der Waals surface area contributed by atoms with Crippen molar-refractivity contribution in [1.82, 2.24) is 0 Å². The molecular weight excluding hydrogens is 284 g/mol. The van der Waals surface area contributed by atoms with Gasteiger partial charge in [-0.2, -0.15) is 0 Å². The standard InChI is InChI=1S/C21H24O2/c1-3-4-8-20(15-16(2)22)17-11-13-19(14-12-17)21(23)18-9-6-5-7-10-18/h5-7,9-14,20H,3-4,8,15H2,1-2H3. The number of ketones is 2. The van der Waals surface area contributed by atoms with Gasteiger partial charge in [-0.1, -0.05) is 74.4 Å². The average molecular weight is 308 g/mol. The lowest BCUT2D eigenvalue weighted by molar-refractivity contribution is -0.117. The van der Waals surface area contributed by atoms with Crippen LogP contribution < -0.4 is 0 Å². The summed E-state index contributed by atoms with van der Waals surface area (Å²) in [5.41, 5.74) is 2.54. The van der Waals surface area contributed by atoms with Crippen LogP contribution in [0.4, 0.5) is 0 Å². The largest absolute Gasteiger partial charge is 0.300 e. The van der Waals surface area contributed by atoms with Crippen molar-refractivity contribution >= 4 is 11.6 Å². The van der Waals surface area contributed by atoms with Gasteiger partial charge in [0, 0.05) is 17.5 Å². The molecule has 0 aliphatic carbocycles. The van der Waals surface area contributed by atoms with Crippen molar-refractivity contribution in [3.63, 3.8) is 0 Å². The molecule has 0 fully saturated rings. The van der Waals surface area contributed by atoms with Crippen LogP contribution in [-0.4, -0.2) is 11.6 Å². The second-order valence-electron chi connectivity index (χ2n) is 6.06. The van der Waals surface area contributed by atoms with E-state index in [1.54, 1.807) is 6.92 Å². The van der Waals surface area contributed by atoms with Crippen molar-refractivity contribution < 1.29 is 9.59 Å². The van der Waals surface area contributed by atoms with Crippen LogP contribution in [0.3, 0.4) is 0 Å². The number of carbonyl (C=O) groups is 2. The number of hydrogen-bond donors (Lipinski definition) is 0. The van der Waals surface area contributed by atoms with E-state index in [9.17, 15) is 9.59 Å². The first-order valence-corrected chi connectivity index (χ1v) is 8.31. The monoisotopic (exact) mass is 308 g/mol. The van der Waals surface area contributed by atoms with E-state index in [-0.39, 0.29) is 17.5 Å². The summed E-state index contributed by atoms with van der Waals surface area (Å²) in [7, 11) is 0. The Morgan fingerprint density at radius 1 is 0.913 bits per heavy atom. The van der Waals surface area contributed by atoms with E-state index < -0.39 is 0 Å².